The Kier molecular flexibility index (Phi) is 3.93. The van der Waals surface area contributed by atoms with Crippen LogP contribution in [0.4, 0.5) is 4.39 Å². The van der Waals surface area contributed by atoms with Crippen molar-refractivity contribution < 1.29 is 13.9 Å². The van der Waals surface area contributed by atoms with Crippen molar-refractivity contribution in [2.45, 2.75) is 6.61 Å². The molecule has 0 aliphatic heterocycles. The number of rotatable bonds is 3. The van der Waals surface area contributed by atoms with Crippen molar-refractivity contribution in [2.75, 3.05) is 0 Å². The summed E-state index contributed by atoms with van der Waals surface area (Å²) in [5, 5.41) is 0.342. The van der Waals surface area contributed by atoms with E-state index >= 15 is 0 Å². The molecule has 1 heterocycles. The van der Waals surface area contributed by atoms with Crippen LogP contribution in [0.2, 0.25) is 0 Å². The molecule has 4 nitrogen and oxygen atoms in total. The molecule has 23 heavy (non-hydrogen) atoms. The molecule has 0 amide bonds. The molecular weight excluding hydrogens is 297 g/mol. The minimum atomic E-state index is -0.756. The maximum atomic E-state index is 14.5. The summed E-state index contributed by atoms with van der Waals surface area (Å²) in [6.07, 6.45) is 1.47. The fraction of sp³-hybridized carbons (Fsp3) is 0.111. The number of carbonyl (C=O) groups excluding carboxylic acids is 1. The van der Waals surface area contributed by atoms with Gasteiger partial charge in [-0.15, -0.1) is 0 Å². The Bertz CT molecular complexity index is 932. The molecule has 0 aliphatic carbocycles. The molecule has 0 saturated carbocycles. The number of nitrogens with zero attached hydrogens (tertiary/aromatic N) is 1. The van der Waals surface area contributed by atoms with E-state index in [0.717, 1.165) is 5.56 Å². The molecule has 1 aromatic heterocycles. The van der Waals surface area contributed by atoms with Crippen LogP contribution in [-0.2, 0) is 18.4 Å². The van der Waals surface area contributed by atoms with E-state index in [4.69, 9.17) is 4.74 Å². The molecule has 0 atom stereocenters. The highest BCUT2D eigenvalue weighted by atomic mass is 19.1. The van der Waals surface area contributed by atoms with Gasteiger partial charge < -0.3 is 9.30 Å². The van der Waals surface area contributed by atoms with Crippen LogP contribution in [0.15, 0.2) is 59.5 Å². The third-order valence-corrected chi connectivity index (χ3v) is 3.63. The first-order valence-electron chi connectivity index (χ1n) is 7.07. The first-order valence-corrected chi connectivity index (χ1v) is 7.07. The van der Waals surface area contributed by atoms with Crippen LogP contribution in [0, 0.1) is 5.82 Å². The molecule has 0 fully saturated rings. The number of ether oxygens (including phenoxy) is 1. The van der Waals surface area contributed by atoms with Gasteiger partial charge in [0, 0.05) is 18.6 Å². The van der Waals surface area contributed by atoms with Crippen LogP contribution < -0.4 is 5.56 Å². The first-order chi connectivity index (χ1) is 11.1. The third kappa shape index (κ3) is 2.85. The summed E-state index contributed by atoms with van der Waals surface area (Å²) in [7, 11) is 1.59. The monoisotopic (exact) mass is 311 g/mol. The molecule has 0 saturated heterocycles. The second kappa shape index (κ2) is 6.04. The van der Waals surface area contributed by atoms with Crippen LogP contribution in [0.5, 0.6) is 0 Å². The summed E-state index contributed by atoms with van der Waals surface area (Å²) in [5.41, 5.74) is 0.322. The van der Waals surface area contributed by atoms with Gasteiger partial charge in [-0.25, -0.2) is 9.18 Å². The number of pyridine rings is 1. The summed E-state index contributed by atoms with van der Waals surface area (Å²) in [6.45, 7) is 0.0632. The molecule has 0 bridgehead atoms. The quantitative estimate of drug-likeness (QED) is 0.699. The minimum Gasteiger partial charge on any atom is -0.457 e. The lowest BCUT2D eigenvalue weighted by Gasteiger charge is -2.08. The summed E-state index contributed by atoms with van der Waals surface area (Å²) < 4.78 is 21.0. The highest BCUT2D eigenvalue weighted by molar-refractivity contribution is 5.95. The third-order valence-electron chi connectivity index (χ3n) is 3.63. The average Bonchev–Trinajstić information content (AvgIpc) is 2.57. The Labute approximate surface area is 131 Å². The van der Waals surface area contributed by atoms with Gasteiger partial charge in [-0.3, -0.25) is 4.79 Å². The maximum Gasteiger partial charge on any atom is 0.341 e. The van der Waals surface area contributed by atoms with E-state index in [0.29, 0.717) is 0 Å². The van der Waals surface area contributed by atoms with E-state index in [2.05, 4.69) is 0 Å². The predicted molar refractivity (Wildman–Crippen MR) is 84.7 cm³/mol. The predicted octanol–water partition coefficient (Wildman–Crippen LogP) is 3.03. The molecule has 5 heteroatoms. The van der Waals surface area contributed by atoms with Gasteiger partial charge in [-0.05, 0) is 23.8 Å². The second-order valence-corrected chi connectivity index (χ2v) is 5.18. The number of benzene rings is 2. The molecule has 3 aromatic rings. The first kappa shape index (κ1) is 15.0. The van der Waals surface area contributed by atoms with Crippen molar-refractivity contribution in [2.24, 2.45) is 7.05 Å². The van der Waals surface area contributed by atoms with Gasteiger partial charge in [-0.1, -0.05) is 30.3 Å². The lowest BCUT2D eigenvalue weighted by atomic mass is 10.1. The van der Waals surface area contributed by atoms with Crippen molar-refractivity contribution in [1.29, 1.82) is 0 Å². The van der Waals surface area contributed by atoms with Crippen molar-refractivity contribution in [3.8, 4) is 0 Å². The van der Waals surface area contributed by atoms with Crippen LogP contribution in [-0.4, -0.2) is 10.5 Å². The topological polar surface area (TPSA) is 48.3 Å². The Morgan fingerprint density at radius 1 is 1.09 bits per heavy atom. The van der Waals surface area contributed by atoms with Gasteiger partial charge >= 0.3 is 5.97 Å². The molecule has 2 aromatic carbocycles. The van der Waals surface area contributed by atoms with Crippen LogP contribution >= 0.6 is 0 Å². The lowest BCUT2D eigenvalue weighted by Crippen LogP contribution is -2.17. The number of aromatic nitrogens is 1. The van der Waals surface area contributed by atoms with Gasteiger partial charge in [-0.2, -0.15) is 0 Å². The van der Waals surface area contributed by atoms with E-state index in [-0.39, 0.29) is 28.5 Å². The number of carbonyl (C=O) groups is 1. The Hall–Kier alpha value is -2.95. The summed E-state index contributed by atoms with van der Waals surface area (Å²) in [4.78, 5) is 24.0. The zero-order chi connectivity index (χ0) is 16.4. The smallest absolute Gasteiger partial charge is 0.341 e. The Morgan fingerprint density at radius 2 is 1.83 bits per heavy atom. The van der Waals surface area contributed by atoms with E-state index < -0.39 is 11.8 Å². The van der Waals surface area contributed by atoms with Gasteiger partial charge in [0.1, 0.15) is 12.4 Å². The summed E-state index contributed by atoms with van der Waals surface area (Å²) >= 11 is 0. The summed E-state index contributed by atoms with van der Waals surface area (Å²) in [6, 6.07) is 13.3. The molecule has 0 N–H and O–H groups in total. The molecule has 0 radical (unpaired) electrons. The highest BCUT2D eigenvalue weighted by Crippen LogP contribution is 2.19. The molecule has 0 spiro atoms. The Balaban J connectivity index is 1.91. The Morgan fingerprint density at radius 3 is 2.57 bits per heavy atom. The number of esters is 1. The molecular formula is C18H14FNO3. The largest absolute Gasteiger partial charge is 0.457 e. The molecule has 0 unspecified atom stereocenters. The fourth-order valence-corrected chi connectivity index (χ4v) is 2.34. The SMILES string of the molecule is Cn1ccc2c(F)c(C(=O)OCc3ccccc3)ccc2c1=O. The van der Waals surface area contributed by atoms with E-state index in [9.17, 15) is 14.0 Å². The van der Waals surface area contributed by atoms with E-state index in [1.54, 1.807) is 7.05 Å². The minimum absolute atomic E-state index is 0.0632. The number of hydrogen-bond acceptors (Lipinski definition) is 3. The van der Waals surface area contributed by atoms with Crippen LogP contribution in [0.25, 0.3) is 10.8 Å². The number of hydrogen-bond donors (Lipinski definition) is 0. The zero-order valence-corrected chi connectivity index (χ0v) is 12.5. The number of halogens is 1. The van der Waals surface area contributed by atoms with Gasteiger partial charge in [0.25, 0.3) is 5.56 Å². The van der Waals surface area contributed by atoms with Crippen molar-refractivity contribution >= 4 is 16.7 Å². The fourth-order valence-electron chi connectivity index (χ4n) is 2.34. The van der Waals surface area contributed by atoms with Crippen LogP contribution in [0.3, 0.4) is 0 Å². The number of fused-ring (bicyclic) bond motifs is 1. The second-order valence-electron chi connectivity index (χ2n) is 5.18. The number of aryl methyl sites for hydroxylation is 1. The van der Waals surface area contributed by atoms with Crippen LogP contribution in [0.1, 0.15) is 15.9 Å². The molecule has 116 valence electrons. The van der Waals surface area contributed by atoms with Gasteiger partial charge in [0.05, 0.1) is 10.9 Å². The molecule has 0 aliphatic rings. The van der Waals surface area contributed by atoms with Crippen molar-refractivity contribution in [3.63, 3.8) is 0 Å². The van der Waals surface area contributed by atoms with Crippen molar-refractivity contribution in [1.82, 2.24) is 4.57 Å². The highest BCUT2D eigenvalue weighted by Gasteiger charge is 2.17. The zero-order valence-electron chi connectivity index (χ0n) is 12.5. The normalized spacial score (nSPS) is 10.7. The maximum absolute atomic E-state index is 14.5. The van der Waals surface area contributed by atoms with Gasteiger partial charge in [0.15, 0.2) is 0 Å². The van der Waals surface area contributed by atoms with Gasteiger partial charge in [0.2, 0.25) is 0 Å². The lowest BCUT2D eigenvalue weighted by molar-refractivity contribution is 0.0468. The summed E-state index contributed by atoms with van der Waals surface area (Å²) in [5.74, 6) is -1.49. The molecule has 3 rings (SSSR count). The average molecular weight is 311 g/mol. The van der Waals surface area contributed by atoms with E-state index in [1.807, 2.05) is 30.3 Å². The van der Waals surface area contributed by atoms with E-state index in [1.165, 1.54) is 29.0 Å². The van der Waals surface area contributed by atoms with Crippen molar-refractivity contribution in [3.05, 3.63) is 82.0 Å². The standard InChI is InChI=1S/C18H14FNO3/c1-20-10-9-13-14(17(20)21)7-8-15(16(13)19)18(22)23-11-12-5-3-2-4-6-12/h2-10H,11H2,1H3.